The van der Waals surface area contributed by atoms with E-state index in [4.69, 9.17) is 16.7 Å². The van der Waals surface area contributed by atoms with E-state index >= 15 is 0 Å². The molecule has 0 bridgehead atoms. The van der Waals surface area contributed by atoms with Crippen molar-refractivity contribution in [3.63, 3.8) is 0 Å². The Balaban J connectivity index is 2.52. The first-order valence-corrected chi connectivity index (χ1v) is 5.68. The summed E-state index contributed by atoms with van der Waals surface area (Å²) in [6, 6.07) is 8.78. The van der Waals surface area contributed by atoms with E-state index in [0.29, 0.717) is 19.4 Å². The quantitative estimate of drug-likeness (QED) is 0.284. The van der Waals surface area contributed by atoms with Gasteiger partial charge in [0.05, 0.1) is 0 Å². The molecule has 18 heavy (non-hydrogen) atoms. The molecule has 0 aliphatic heterocycles. The molecule has 0 heterocycles. The molecule has 0 unspecified atom stereocenters. The average Bonchev–Trinajstić information content (AvgIpc) is 2.38. The Morgan fingerprint density at radius 3 is 2.67 bits per heavy atom. The van der Waals surface area contributed by atoms with Crippen molar-refractivity contribution >= 4 is 18.0 Å². The van der Waals surface area contributed by atoms with Crippen LogP contribution in [0.2, 0.25) is 0 Å². The molecule has 98 valence electrons. The molecular weight excluding hydrogens is 232 g/mol. The van der Waals surface area contributed by atoms with Gasteiger partial charge in [0.1, 0.15) is 12.4 Å². The number of aliphatic carboxylic acids is 1. The van der Waals surface area contributed by atoms with E-state index < -0.39 is 12.0 Å². The fourth-order valence-corrected chi connectivity index (χ4v) is 1.56. The third-order valence-corrected chi connectivity index (χ3v) is 2.53. The fourth-order valence-electron chi connectivity index (χ4n) is 1.56. The van der Waals surface area contributed by atoms with Crippen molar-refractivity contribution in [2.45, 2.75) is 18.9 Å². The highest BCUT2D eigenvalue weighted by atomic mass is 16.4. The molecule has 0 aliphatic carbocycles. The summed E-state index contributed by atoms with van der Waals surface area (Å²) < 4.78 is 0. The minimum atomic E-state index is -0.978. The van der Waals surface area contributed by atoms with E-state index in [1.54, 1.807) is 0 Å². The van der Waals surface area contributed by atoms with Gasteiger partial charge in [-0.25, -0.2) is 0 Å². The van der Waals surface area contributed by atoms with E-state index in [2.05, 4.69) is 5.10 Å². The topological polar surface area (TPSA) is 105 Å². The number of para-hydroxylation sites is 1. The van der Waals surface area contributed by atoms with Crippen LogP contribution in [0.15, 0.2) is 35.4 Å². The number of benzene rings is 1. The molecule has 0 amide bonds. The van der Waals surface area contributed by atoms with Gasteiger partial charge in [-0.2, -0.15) is 5.10 Å². The van der Waals surface area contributed by atoms with Crippen LogP contribution in [0.4, 0.5) is 5.69 Å². The van der Waals surface area contributed by atoms with Gasteiger partial charge in [0.25, 0.3) is 0 Å². The molecule has 1 aromatic carbocycles. The lowest BCUT2D eigenvalue weighted by atomic mass is 10.1. The molecule has 0 saturated heterocycles. The predicted molar refractivity (Wildman–Crippen MR) is 71.3 cm³/mol. The summed E-state index contributed by atoms with van der Waals surface area (Å²) in [5.41, 5.74) is 6.39. The van der Waals surface area contributed by atoms with Crippen LogP contribution in [0.5, 0.6) is 0 Å². The van der Waals surface area contributed by atoms with E-state index in [9.17, 15) is 4.79 Å². The Kier molecular flexibility index (Phi) is 5.66. The summed E-state index contributed by atoms with van der Waals surface area (Å²) in [7, 11) is 0. The van der Waals surface area contributed by atoms with Gasteiger partial charge in [0, 0.05) is 12.2 Å². The smallest absolute Gasteiger partial charge is 0.320 e. The lowest BCUT2D eigenvalue weighted by Crippen LogP contribution is -2.32. The van der Waals surface area contributed by atoms with Gasteiger partial charge in [0.15, 0.2) is 0 Å². The van der Waals surface area contributed by atoms with Crippen LogP contribution in [-0.2, 0) is 4.79 Å². The maximum atomic E-state index is 10.6. The second-order valence-electron chi connectivity index (χ2n) is 3.88. The number of rotatable bonds is 7. The van der Waals surface area contributed by atoms with Crippen molar-refractivity contribution < 1.29 is 9.90 Å². The van der Waals surface area contributed by atoms with Gasteiger partial charge < -0.3 is 21.6 Å². The predicted octanol–water partition coefficient (Wildman–Crippen LogP) is 0.587. The molecule has 5 N–H and O–H groups in total. The first kappa shape index (κ1) is 14.0. The number of hydrogen-bond acceptors (Lipinski definition) is 4. The number of nitrogens with zero attached hydrogens (tertiary/aromatic N) is 2. The van der Waals surface area contributed by atoms with Gasteiger partial charge in [-0.05, 0) is 25.0 Å². The van der Waals surface area contributed by atoms with Crippen molar-refractivity contribution in [3.8, 4) is 0 Å². The van der Waals surface area contributed by atoms with Crippen molar-refractivity contribution in [2.75, 3.05) is 11.4 Å². The first-order valence-electron chi connectivity index (χ1n) is 5.68. The number of carboxylic acids is 1. The number of carboxylic acid groups (broad SMARTS) is 1. The van der Waals surface area contributed by atoms with Crippen LogP contribution in [0, 0.1) is 0 Å². The monoisotopic (exact) mass is 250 g/mol. The molecule has 0 aromatic heterocycles. The third-order valence-electron chi connectivity index (χ3n) is 2.53. The van der Waals surface area contributed by atoms with Crippen molar-refractivity contribution in [1.82, 2.24) is 0 Å². The van der Waals surface area contributed by atoms with Gasteiger partial charge in [-0.15, -0.1) is 0 Å². The van der Waals surface area contributed by atoms with Crippen LogP contribution >= 0.6 is 0 Å². The molecule has 6 nitrogen and oxygen atoms in total. The zero-order chi connectivity index (χ0) is 13.4. The molecule has 0 radical (unpaired) electrons. The summed E-state index contributed by atoms with van der Waals surface area (Å²) in [5, 5.41) is 12.2. The zero-order valence-corrected chi connectivity index (χ0v) is 10.1. The number of carbonyl (C=O) groups is 1. The average molecular weight is 250 g/mol. The Hall–Kier alpha value is -2.08. The Bertz CT molecular complexity index is 394. The normalized spacial score (nSPS) is 12.5. The molecule has 6 heteroatoms. The molecule has 0 spiro atoms. The summed E-state index contributed by atoms with van der Waals surface area (Å²) >= 11 is 0. The summed E-state index contributed by atoms with van der Waals surface area (Å²) in [6.07, 6.45) is 2.58. The molecule has 0 saturated carbocycles. The van der Waals surface area contributed by atoms with Crippen LogP contribution in [0.3, 0.4) is 0 Å². The third kappa shape index (κ3) is 4.42. The minimum absolute atomic E-state index is 0.414. The van der Waals surface area contributed by atoms with E-state index in [1.807, 2.05) is 35.2 Å². The molecule has 1 aromatic rings. The van der Waals surface area contributed by atoms with Crippen molar-refractivity contribution in [3.05, 3.63) is 30.3 Å². The standard InChI is InChI=1S/C12H18N4O2/c13-11(12(17)18)7-4-8-16(9-15-14)10-5-2-1-3-6-10/h1-3,5-6,9,11H,4,7-8,13-14H2,(H,17,18)/t11-/m0/s1. The highest BCUT2D eigenvalue weighted by Crippen LogP contribution is 2.12. The number of nitrogens with two attached hydrogens (primary N) is 2. The lowest BCUT2D eigenvalue weighted by molar-refractivity contribution is -0.138. The van der Waals surface area contributed by atoms with Crippen molar-refractivity contribution in [1.29, 1.82) is 0 Å². The molecule has 0 fully saturated rings. The second kappa shape index (κ2) is 7.29. The van der Waals surface area contributed by atoms with Crippen molar-refractivity contribution in [2.24, 2.45) is 16.7 Å². The van der Waals surface area contributed by atoms with Crippen LogP contribution in [-0.4, -0.2) is 30.0 Å². The SMILES string of the molecule is NN=CN(CCC[C@H](N)C(=O)O)c1ccccc1. The Morgan fingerprint density at radius 2 is 2.11 bits per heavy atom. The second-order valence-corrected chi connectivity index (χ2v) is 3.88. The van der Waals surface area contributed by atoms with Gasteiger partial charge in [-0.1, -0.05) is 18.2 Å². The van der Waals surface area contributed by atoms with Gasteiger partial charge in [0.2, 0.25) is 0 Å². The minimum Gasteiger partial charge on any atom is -0.480 e. The fraction of sp³-hybridized carbons (Fsp3) is 0.333. The number of anilines is 1. The lowest BCUT2D eigenvalue weighted by Gasteiger charge is -2.19. The largest absolute Gasteiger partial charge is 0.480 e. The number of hydrazone groups is 1. The molecule has 1 atom stereocenters. The summed E-state index contributed by atoms with van der Waals surface area (Å²) in [5.74, 6) is 4.18. The highest BCUT2D eigenvalue weighted by Gasteiger charge is 2.11. The van der Waals surface area contributed by atoms with Crippen LogP contribution in [0.1, 0.15) is 12.8 Å². The highest BCUT2D eigenvalue weighted by molar-refractivity contribution is 5.78. The van der Waals surface area contributed by atoms with E-state index in [0.717, 1.165) is 5.69 Å². The van der Waals surface area contributed by atoms with Crippen LogP contribution in [0.25, 0.3) is 0 Å². The van der Waals surface area contributed by atoms with Gasteiger partial charge in [-0.3, -0.25) is 4.79 Å². The maximum Gasteiger partial charge on any atom is 0.320 e. The Morgan fingerprint density at radius 1 is 1.44 bits per heavy atom. The molecule has 1 rings (SSSR count). The molecule has 0 aliphatic rings. The van der Waals surface area contributed by atoms with E-state index in [-0.39, 0.29) is 0 Å². The van der Waals surface area contributed by atoms with E-state index in [1.165, 1.54) is 6.34 Å². The molecular formula is C12H18N4O2. The van der Waals surface area contributed by atoms with Crippen LogP contribution < -0.4 is 16.5 Å². The Labute approximate surface area is 106 Å². The maximum absolute atomic E-state index is 10.6. The number of hydrogen-bond donors (Lipinski definition) is 3. The summed E-state index contributed by atoms with van der Waals surface area (Å²) in [6.45, 7) is 0.617. The van der Waals surface area contributed by atoms with Gasteiger partial charge >= 0.3 is 5.97 Å². The zero-order valence-electron chi connectivity index (χ0n) is 10.1. The first-order chi connectivity index (χ1) is 8.65. The summed E-state index contributed by atoms with van der Waals surface area (Å²) in [4.78, 5) is 12.4.